The van der Waals surface area contributed by atoms with Crippen LogP contribution in [0.2, 0.25) is 0 Å². The summed E-state index contributed by atoms with van der Waals surface area (Å²) in [5.74, 6) is 0.582. The summed E-state index contributed by atoms with van der Waals surface area (Å²) in [4.78, 5) is 11.9. The van der Waals surface area contributed by atoms with Crippen molar-refractivity contribution in [3.05, 3.63) is 0 Å². The van der Waals surface area contributed by atoms with E-state index in [9.17, 15) is 4.79 Å². The topological polar surface area (TPSA) is 43.1 Å². The van der Waals surface area contributed by atoms with Gasteiger partial charge in [0.25, 0.3) is 0 Å². The first-order valence-corrected chi connectivity index (χ1v) is 6.39. The van der Waals surface area contributed by atoms with Crippen LogP contribution in [0.4, 0.5) is 0 Å². The van der Waals surface area contributed by atoms with E-state index in [1.807, 2.05) is 6.92 Å². The van der Waals surface area contributed by atoms with Gasteiger partial charge in [-0.3, -0.25) is 4.79 Å². The summed E-state index contributed by atoms with van der Waals surface area (Å²) in [6.07, 6.45) is 8.47. The number of ketones is 1. The predicted molar refractivity (Wildman–Crippen MR) is 63.7 cm³/mol. The third kappa shape index (κ3) is 3.94. The molecule has 0 spiro atoms. The molecule has 0 amide bonds. The first kappa shape index (κ1) is 12.7. The Bertz CT molecular complexity index is 207. The Morgan fingerprint density at radius 3 is 2.47 bits per heavy atom. The van der Waals surface area contributed by atoms with Crippen LogP contribution in [0.1, 0.15) is 65.2 Å². The maximum absolute atomic E-state index is 11.9. The number of hydrogen-bond donors (Lipinski definition) is 1. The quantitative estimate of drug-likeness (QED) is 0.759. The van der Waals surface area contributed by atoms with Gasteiger partial charge >= 0.3 is 0 Å². The van der Waals surface area contributed by atoms with Crippen molar-refractivity contribution in [3.63, 3.8) is 0 Å². The van der Waals surface area contributed by atoms with Crippen molar-refractivity contribution in [2.75, 3.05) is 0 Å². The van der Waals surface area contributed by atoms with Gasteiger partial charge in [0.1, 0.15) is 5.78 Å². The van der Waals surface area contributed by atoms with Crippen LogP contribution >= 0.6 is 0 Å². The molecule has 0 aromatic carbocycles. The van der Waals surface area contributed by atoms with E-state index < -0.39 is 0 Å². The van der Waals surface area contributed by atoms with Crippen molar-refractivity contribution in [2.45, 2.75) is 70.8 Å². The predicted octanol–water partition coefficient (Wildman–Crippen LogP) is 3.04. The Morgan fingerprint density at radius 2 is 1.93 bits per heavy atom. The smallest absolute Gasteiger partial charge is 0.137 e. The maximum Gasteiger partial charge on any atom is 0.137 e. The van der Waals surface area contributed by atoms with Crippen LogP contribution in [-0.4, -0.2) is 11.3 Å². The molecule has 2 N–H and O–H groups in total. The van der Waals surface area contributed by atoms with E-state index in [1.54, 1.807) is 0 Å². The van der Waals surface area contributed by atoms with Gasteiger partial charge in [0, 0.05) is 17.9 Å². The van der Waals surface area contributed by atoms with Gasteiger partial charge in [-0.05, 0) is 19.3 Å². The molecule has 1 fully saturated rings. The van der Waals surface area contributed by atoms with E-state index in [1.165, 1.54) is 19.3 Å². The van der Waals surface area contributed by atoms with Crippen LogP contribution in [0.25, 0.3) is 0 Å². The molecule has 0 radical (unpaired) electrons. The summed E-state index contributed by atoms with van der Waals surface area (Å²) in [7, 11) is 0. The van der Waals surface area contributed by atoms with Gasteiger partial charge in [0.15, 0.2) is 0 Å². The largest absolute Gasteiger partial charge is 0.325 e. The molecule has 0 saturated heterocycles. The van der Waals surface area contributed by atoms with Crippen LogP contribution < -0.4 is 5.73 Å². The highest BCUT2D eigenvalue weighted by atomic mass is 16.1. The van der Waals surface area contributed by atoms with E-state index in [0.29, 0.717) is 12.2 Å². The zero-order chi connectivity index (χ0) is 11.3. The molecule has 2 heteroatoms. The van der Waals surface area contributed by atoms with E-state index in [-0.39, 0.29) is 11.5 Å². The fourth-order valence-corrected chi connectivity index (χ4v) is 2.55. The molecular formula is C13H25NO. The van der Waals surface area contributed by atoms with Crippen molar-refractivity contribution < 1.29 is 4.79 Å². The van der Waals surface area contributed by atoms with Crippen molar-refractivity contribution in [2.24, 2.45) is 11.7 Å². The fraction of sp³-hybridized carbons (Fsp3) is 0.923. The van der Waals surface area contributed by atoms with E-state index >= 15 is 0 Å². The lowest BCUT2D eigenvalue weighted by Gasteiger charge is -2.33. The van der Waals surface area contributed by atoms with Crippen LogP contribution in [0.3, 0.4) is 0 Å². The number of hydrogen-bond acceptors (Lipinski definition) is 2. The van der Waals surface area contributed by atoms with Gasteiger partial charge in [-0.25, -0.2) is 0 Å². The number of Topliss-reactive ketones (excluding diaryl/α,β-unsaturated/α-hetero) is 1. The van der Waals surface area contributed by atoms with Gasteiger partial charge in [-0.1, -0.05) is 39.5 Å². The normalized spacial score (nSPS) is 22.3. The second-order valence-electron chi connectivity index (χ2n) is 5.26. The van der Waals surface area contributed by atoms with Crippen molar-refractivity contribution in [3.8, 4) is 0 Å². The summed E-state index contributed by atoms with van der Waals surface area (Å²) < 4.78 is 0. The molecule has 88 valence electrons. The van der Waals surface area contributed by atoms with Crippen LogP contribution in [0, 0.1) is 5.92 Å². The highest BCUT2D eigenvalue weighted by Gasteiger charge is 2.31. The standard InChI is InChI=1S/C13H25NO/c1-3-7-11(2)12(15)10-13(14)8-5-4-6-9-13/h11H,3-10,14H2,1-2H3. The van der Waals surface area contributed by atoms with E-state index in [4.69, 9.17) is 5.73 Å². The molecule has 1 unspecified atom stereocenters. The minimum absolute atomic E-state index is 0.169. The molecule has 0 bridgehead atoms. The molecule has 15 heavy (non-hydrogen) atoms. The SMILES string of the molecule is CCCC(C)C(=O)CC1(N)CCCCC1. The van der Waals surface area contributed by atoms with Crippen LogP contribution in [0.15, 0.2) is 0 Å². The average molecular weight is 211 g/mol. The summed E-state index contributed by atoms with van der Waals surface area (Å²) in [6.45, 7) is 4.17. The van der Waals surface area contributed by atoms with Crippen LogP contribution in [0.5, 0.6) is 0 Å². The molecule has 1 rings (SSSR count). The fourth-order valence-electron chi connectivity index (χ4n) is 2.55. The first-order valence-electron chi connectivity index (χ1n) is 6.39. The van der Waals surface area contributed by atoms with Crippen LogP contribution in [-0.2, 0) is 4.79 Å². The molecule has 1 aliphatic rings. The van der Waals surface area contributed by atoms with Gasteiger partial charge in [0.2, 0.25) is 0 Å². The molecule has 2 nitrogen and oxygen atoms in total. The third-order valence-corrected chi connectivity index (χ3v) is 3.65. The van der Waals surface area contributed by atoms with E-state index in [0.717, 1.165) is 25.7 Å². The Hall–Kier alpha value is -0.370. The van der Waals surface area contributed by atoms with Gasteiger partial charge in [-0.2, -0.15) is 0 Å². The highest BCUT2D eigenvalue weighted by Crippen LogP contribution is 2.30. The minimum Gasteiger partial charge on any atom is -0.325 e. The van der Waals surface area contributed by atoms with Crippen molar-refractivity contribution in [1.29, 1.82) is 0 Å². The van der Waals surface area contributed by atoms with Crippen molar-refractivity contribution in [1.82, 2.24) is 0 Å². The second-order valence-corrected chi connectivity index (χ2v) is 5.26. The van der Waals surface area contributed by atoms with Gasteiger partial charge in [0.05, 0.1) is 0 Å². The summed E-state index contributed by atoms with van der Waals surface area (Å²) in [5.41, 5.74) is 6.10. The zero-order valence-electron chi connectivity index (χ0n) is 10.2. The first-order chi connectivity index (χ1) is 7.07. The molecule has 1 saturated carbocycles. The summed E-state index contributed by atoms with van der Waals surface area (Å²) >= 11 is 0. The number of nitrogens with two attached hydrogens (primary N) is 1. The lowest BCUT2D eigenvalue weighted by atomic mass is 9.77. The lowest BCUT2D eigenvalue weighted by Crippen LogP contribution is -2.44. The number of carbonyl (C=O) groups excluding carboxylic acids is 1. The Kier molecular flexibility index (Phi) is 4.78. The van der Waals surface area contributed by atoms with E-state index in [2.05, 4.69) is 6.92 Å². The molecule has 1 aliphatic carbocycles. The summed E-state index contributed by atoms with van der Waals surface area (Å²) in [5, 5.41) is 0. The highest BCUT2D eigenvalue weighted by molar-refractivity contribution is 5.81. The average Bonchev–Trinajstić information content (AvgIpc) is 2.18. The van der Waals surface area contributed by atoms with Gasteiger partial charge in [-0.15, -0.1) is 0 Å². The second kappa shape index (κ2) is 5.64. The molecule has 0 aromatic rings. The molecule has 0 aliphatic heterocycles. The summed E-state index contributed by atoms with van der Waals surface area (Å²) in [6, 6.07) is 0. The lowest BCUT2D eigenvalue weighted by molar-refractivity contribution is -0.124. The molecule has 0 aromatic heterocycles. The van der Waals surface area contributed by atoms with Crippen molar-refractivity contribution >= 4 is 5.78 Å². The Labute approximate surface area is 93.6 Å². The zero-order valence-corrected chi connectivity index (χ0v) is 10.2. The third-order valence-electron chi connectivity index (χ3n) is 3.65. The molecule has 0 heterocycles. The maximum atomic E-state index is 11.9. The Morgan fingerprint density at radius 1 is 1.33 bits per heavy atom. The molecule has 1 atom stereocenters. The van der Waals surface area contributed by atoms with Gasteiger partial charge < -0.3 is 5.73 Å². The Balaban J connectivity index is 2.41. The number of carbonyl (C=O) groups is 1. The monoisotopic (exact) mass is 211 g/mol. The minimum atomic E-state index is -0.169. The molecular weight excluding hydrogens is 186 g/mol. The number of rotatable bonds is 5.